The predicted octanol–water partition coefficient (Wildman–Crippen LogP) is 3.66. The molecule has 4 aromatic rings. The Morgan fingerprint density at radius 1 is 0.913 bits per heavy atom. The summed E-state index contributed by atoms with van der Waals surface area (Å²) in [7, 11) is 0. The van der Waals surface area contributed by atoms with Gasteiger partial charge < -0.3 is 9.72 Å². The Morgan fingerprint density at radius 2 is 1.70 bits per heavy atom. The molecule has 0 radical (unpaired) electrons. The number of H-pyrrole nitrogens is 1. The maximum absolute atomic E-state index is 12.1. The van der Waals surface area contributed by atoms with Gasteiger partial charge in [0.25, 0.3) is 5.56 Å². The van der Waals surface area contributed by atoms with Gasteiger partial charge in [-0.3, -0.25) is 4.79 Å². The van der Waals surface area contributed by atoms with E-state index in [0.29, 0.717) is 5.75 Å². The molecule has 4 nitrogen and oxygen atoms in total. The smallest absolute Gasteiger partial charge is 0.290 e. The summed E-state index contributed by atoms with van der Waals surface area (Å²) in [6.07, 6.45) is 0. The van der Waals surface area contributed by atoms with Crippen molar-refractivity contribution in [2.45, 2.75) is 6.61 Å². The summed E-state index contributed by atoms with van der Waals surface area (Å²) in [5.41, 5.74) is 2.27. The minimum absolute atomic E-state index is 0.232. The molecule has 2 aromatic heterocycles. The first-order valence-electron chi connectivity index (χ1n) is 7.39. The van der Waals surface area contributed by atoms with E-state index in [-0.39, 0.29) is 12.2 Å². The molecule has 0 aliphatic carbocycles. The molecule has 0 aliphatic rings. The number of para-hydroxylation sites is 2. The summed E-state index contributed by atoms with van der Waals surface area (Å²) in [5, 5.41) is 2.02. The maximum Gasteiger partial charge on any atom is 0.290 e. The second-order valence-corrected chi connectivity index (χ2v) is 5.33. The average Bonchev–Trinajstić information content (AvgIpc) is 2.59. The summed E-state index contributed by atoms with van der Waals surface area (Å²) in [6.45, 7) is 0.256. The molecular formula is C19H14N2O2. The summed E-state index contributed by atoms with van der Waals surface area (Å²) < 4.78 is 5.67. The highest BCUT2D eigenvalue weighted by atomic mass is 16.5. The largest absolute Gasteiger partial charge is 0.481 e. The van der Waals surface area contributed by atoms with E-state index in [9.17, 15) is 4.79 Å². The highest BCUT2D eigenvalue weighted by molar-refractivity contribution is 5.79. The van der Waals surface area contributed by atoms with Crippen molar-refractivity contribution in [3.63, 3.8) is 0 Å². The van der Waals surface area contributed by atoms with Crippen LogP contribution in [-0.4, -0.2) is 9.97 Å². The van der Waals surface area contributed by atoms with Crippen LogP contribution in [0.5, 0.6) is 5.75 Å². The van der Waals surface area contributed by atoms with Crippen LogP contribution in [0.3, 0.4) is 0 Å². The molecule has 4 rings (SSSR count). The highest BCUT2D eigenvalue weighted by Crippen LogP contribution is 2.16. The number of nitrogens with zero attached hydrogens (tertiary/aromatic N) is 1. The molecule has 2 aromatic carbocycles. The molecule has 23 heavy (non-hydrogen) atoms. The Morgan fingerprint density at radius 3 is 2.61 bits per heavy atom. The zero-order valence-corrected chi connectivity index (χ0v) is 12.3. The van der Waals surface area contributed by atoms with Crippen molar-refractivity contribution in [1.82, 2.24) is 9.97 Å². The Bertz CT molecular complexity index is 1050. The first-order chi connectivity index (χ1) is 11.3. The topological polar surface area (TPSA) is 55.0 Å². The van der Waals surface area contributed by atoms with Crippen LogP contribution in [0.2, 0.25) is 0 Å². The molecule has 0 saturated carbocycles. The molecular weight excluding hydrogens is 288 g/mol. The normalized spacial score (nSPS) is 11.0. The van der Waals surface area contributed by atoms with Crippen molar-refractivity contribution in [1.29, 1.82) is 0 Å². The van der Waals surface area contributed by atoms with E-state index in [4.69, 9.17) is 4.74 Å². The maximum atomic E-state index is 12.1. The van der Waals surface area contributed by atoms with Gasteiger partial charge >= 0.3 is 0 Å². The van der Waals surface area contributed by atoms with E-state index in [1.165, 1.54) is 0 Å². The zero-order valence-electron chi connectivity index (χ0n) is 12.3. The van der Waals surface area contributed by atoms with Crippen molar-refractivity contribution in [3.05, 3.63) is 82.8 Å². The van der Waals surface area contributed by atoms with Gasteiger partial charge in [-0.15, -0.1) is 0 Å². The van der Waals surface area contributed by atoms with Crippen LogP contribution >= 0.6 is 0 Å². The van der Waals surface area contributed by atoms with E-state index in [1.54, 1.807) is 6.07 Å². The SMILES string of the molecule is O=c1[nH]c2ccccc2cc1OCc1ccc2ccccc2n1. The molecule has 112 valence electrons. The number of aromatic nitrogens is 2. The third kappa shape index (κ3) is 2.66. The Kier molecular flexibility index (Phi) is 3.27. The van der Waals surface area contributed by atoms with E-state index in [2.05, 4.69) is 9.97 Å². The summed E-state index contributed by atoms with van der Waals surface area (Å²) in [6, 6.07) is 21.2. The van der Waals surface area contributed by atoms with E-state index >= 15 is 0 Å². The molecule has 0 spiro atoms. The number of nitrogens with one attached hydrogen (secondary N) is 1. The number of pyridine rings is 2. The Hall–Kier alpha value is -3.14. The molecule has 0 bridgehead atoms. The van der Waals surface area contributed by atoms with Crippen LogP contribution in [-0.2, 0) is 6.61 Å². The summed E-state index contributed by atoms with van der Waals surface area (Å²) >= 11 is 0. The fraction of sp³-hybridized carbons (Fsp3) is 0.0526. The lowest BCUT2D eigenvalue weighted by Gasteiger charge is -2.07. The second-order valence-electron chi connectivity index (χ2n) is 5.33. The van der Waals surface area contributed by atoms with E-state index in [1.807, 2.05) is 60.7 Å². The molecule has 1 N–H and O–H groups in total. The van der Waals surface area contributed by atoms with Crippen LogP contribution in [0.15, 0.2) is 71.5 Å². The second kappa shape index (κ2) is 5.57. The van der Waals surface area contributed by atoms with Gasteiger partial charge in [-0.25, -0.2) is 4.98 Å². The number of hydrogen-bond donors (Lipinski definition) is 1. The van der Waals surface area contributed by atoms with Gasteiger partial charge in [0.1, 0.15) is 6.61 Å². The van der Waals surface area contributed by atoms with Crippen molar-refractivity contribution in [3.8, 4) is 5.75 Å². The first kappa shape index (κ1) is 13.5. The minimum atomic E-state index is -0.232. The molecule has 0 atom stereocenters. The van der Waals surface area contributed by atoms with Crippen LogP contribution in [0.25, 0.3) is 21.8 Å². The van der Waals surface area contributed by atoms with Gasteiger partial charge in [-0.1, -0.05) is 42.5 Å². The van der Waals surface area contributed by atoms with Gasteiger partial charge in [0.2, 0.25) is 0 Å². The number of hydrogen-bond acceptors (Lipinski definition) is 3. The standard InChI is InChI=1S/C19H14N2O2/c22-19-18(11-14-6-2-4-8-17(14)21-19)23-12-15-10-9-13-5-1-3-7-16(13)20-15/h1-11H,12H2,(H,21,22). The summed E-state index contributed by atoms with van der Waals surface area (Å²) in [5.74, 6) is 0.304. The molecule has 2 heterocycles. The van der Waals surface area contributed by atoms with Crippen molar-refractivity contribution < 1.29 is 4.74 Å². The lowest BCUT2D eigenvalue weighted by molar-refractivity contribution is 0.298. The molecule has 0 unspecified atom stereocenters. The van der Waals surface area contributed by atoms with Crippen LogP contribution in [0.1, 0.15) is 5.69 Å². The van der Waals surface area contributed by atoms with E-state index < -0.39 is 0 Å². The molecule has 0 amide bonds. The monoisotopic (exact) mass is 302 g/mol. The average molecular weight is 302 g/mol. The van der Waals surface area contributed by atoms with E-state index in [0.717, 1.165) is 27.5 Å². The molecule has 0 aliphatic heterocycles. The fourth-order valence-electron chi connectivity index (χ4n) is 2.57. The summed E-state index contributed by atoms with van der Waals surface area (Å²) in [4.78, 5) is 19.4. The molecule has 0 saturated heterocycles. The number of benzene rings is 2. The third-order valence-electron chi connectivity index (χ3n) is 3.75. The molecule has 0 fully saturated rings. The Labute approximate surface area is 132 Å². The van der Waals surface area contributed by atoms with Gasteiger partial charge in [0.05, 0.1) is 11.2 Å². The third-order valence-corrected chi connectivity index (χ3v) is 3.75. The lowest BCUT2D eigenvalue weighted by Crippen LogP contribution is -2.11. The number of aromatic amines is 1. The van der Waals surface area contributed by atoms with Crippen LogP contribution < -0.4 is 10.3 Å². The Balaban J connectivity index is 1.62. The minimum Gasteiger partial charge on any atom is -0.481 e. The quantitative estimate of drug-likeness (QED) is 0.628. The van der Waals surface area contributed by atoms with Gasteiger partial charge in [0, 0.05) is 16.3 Å². The van der Waals surface area contributed by atoms with Crippen LogP contribution in [0.4, 0.5) is 0 Å². The van der Waals surface area contributed by atoms with Crippen molar-refractivity contribution in [2.24, 2.45) is 0 Å². The molecule has 4 heteroatoms. The van der Waals surface area contributed by atoms with Gasteiger partial charge in [-0.05, 0) is 24.3 Å². The van der Waals surface area contributed by atoms with Crippen molar-refractivity contribution in [2.75, 3.05) is 0 Å². The zero-order chi connectivity index (χ0) is 15.6. The van der Waals surface area contributed by atoms with Gasteiger partial charge in [0.15, 0.2) is 5.75 Å². The lowest BCUT2D eigenvalue weighted by atomic mass is 10.2. The van der Waals surface area contributed by atoms with Crippen molar-refractivity contribution >= 4 is 21.8 Å². The first-order valence-corrected chi connectivity index (χ1v) is 7.39. The van der Waals surface area contributed by atoms with Crippen LogP contribution in [0, 0.1) is 0 Å². The predicted molar refractivity (Wildman–Crippen MR) is 90.6 cm³/mol. The van der Waals surface area contributed by atoms with Gasteiger partial charge in [-0.2, -0.15) is 0 Å². The fourth-order valence-corrected chi connectivity index (χ4v) is 2.57. The number of fused-ring (bicyclic) bond motifs is 2. The number of ether oxygens (including phenoxy) is 1. The highest BCUT2D eigenvalue weighted by Gasteiger charge is 2.05. The number of rotatable bonds is 3.